The van der Waals surface area contributed by atoms with E-state index in [-0.39, 0.29) is 11.3 Å². The minimum absolute atomic E-state index is 0.0117. The Morgan fingerprint density at radius 3 is 2.72 bits per heavy atom. The van der Waals surface area contributed by atoms with E-state index < -0.39 is 5.82 Å². The molecule has 1 fully saturated rings. The quantitative estimate of drug-likeness (QED) is 0.756. The molecule has 0 spiro atoms. The average Bonchev–Trinajstić information content (AvgIpc) is 2.89. The van der Waals surface area contributed by atoms with Crippen molar-refractivity contribution in [2.45, 2.75) is 38.5 Å². The average molecular weight is 245 g/mol. The van der Waals surface area contributed by atoms with E-state index in [9.17, 15) is 9.18 Å². The molecule has 0 unspecified atom stereocenters. The third-order valence-electron chi connectivity index (χ3n) is 3.67. The van der Waals surface area contributed by atoms with Gasteiger partial charge in [0.15, 0.2) is 5.78 Å². The number of hydrogen-bond acceptors (Lipinski definition) is 2. The molecule has 0 heterocycles. The van der Waals surface area contributed by atoms with E-state index in [4.69, 9.17) is 5.26 Å². The number of Topliss-reactive ketones (excluding diaryl/α,β-unsaturated/α-hetero) is 1. The normalized spacial score (nSPS) is 15.6. The van der Waals surface area contributed by atoms with Gasteiger partial charge >= 0.3 is 0 Å². The van der Waals surface area contributed by atoms with Crippen LogP contribution >= 0.6 is 0 Å². The predicted molar refractivity (Wildman–Crippen MR) is 66.6 cm³/mol. The Labute approximate surface area is 106 Å². The molecule has 0 atom stereocenters. The highest BCUT2D eigenvalue weighted by Gasteiger charge is 2.17. The molecule has 0 radical (unpaired) electrons. The number of hydrogen-bond donors (Lipinski definition) is 0. The number of halogens is 1. The van der Waals surface area contributed by atoms with Crippen molar-refractivity contribution >= 4 is 5.78 Å². The lowest BCUT2D eigenvalue weighted by molar-refractivity contribution is 0.0973. The van der Waals surface area contributed by atoms with Gasteiger partial charge in [0.2, 0.25) is 0 Å². The van der Waals surface area contributed by atoms with E-state index in [1.807, 2.05) is 0 Å². The Kier molecular flexibility index (Phi) is 4.09. The van der Waals surface area contributed by atoms with Gasteiger partial charge in [-0.2, -0.15) is 5.26 Å². The molecule has 0 aromatic heterocycles. The highest BCUT2D eigenvalue weighted by molar-refractivity contribution is 5.96. The standard InChI is InChI=1S/C15H16FNO/c16-14-9-12(6-7-13(14)10-17)15(18)8-5-11-3-1-2-4-11/h6-7,9,11H,1-5,8H2. The summed E-state index contributed by atoms with van der Waals surface area (Å²) >= 11 is 0. The highest BCUT2D eigenvalue weighted by atomic mass is 19.1. The lowest BCUT2D eigenvalue weighted by Crippen LogP contribution is -2.04. The summed E-state index contributed by atoms with van der Waals surface area (Å²) in [6.07, 6.45) is 6.36. The Balaban J connectivity index is 1.96. The zero-order chi connectivity index (χ0) is 13.0. The van der Waals surface area contributed by atoms with Crippen LogP contribution in [0.1, 0.15) is 54.4 Å². The first kappa shape index (κ1) is 12.8. The fourth-order valence-corrected chi connectivity index (χ4v) is 2.56. The molecule has 3 heteroatoms. The summed E-state index contributed by atoms with van der Waals surface area (Å²) < 4.78 is 13.4. The van der Waals surface area contributed by atoms with Gasteiger partial charge in [-0.05, 0) is 30.5 Å². The fourth-order valence-electron chi connectivity index (χ4n) is 2.56. The molecule has 1 saturated carbocycles. The molecule has 0 saturated heterocycles. The van der Waals surface area contributed by atoms with Crippen molar-refractivity contribution < 1.29 is 9.18 Å². The molecule has 94 valence electrons. The van der Waals surface area contributed by atoms with Crippen LogP contribution < -0.4 is 0 Å². The number of nitrogens with zero attached hydrogens (tertiary/aromatic N) is 1. The molecule has 2 rings (SSSR count). The van der Waals surface area contributed by atoms with Crippen LogP contribution in [0.4, 0.5) is 4.39 Å². The number of nitriles is 1. The van der Waals surface area contributed by atoms with Gasteiger partial charge in [-0.15, -0.1) is 0 Å². The maximum Gasteiger partial charge on any atom is 0.162 e. The van der Waals surface area contributed by atoms with E-state index in [1.165, 1.54) is 37.8 Å². The second-order valence-electron chi connectivity index (χ2n) is 4.92. The summed E-state index contributed by atoms with van der Waals surface area (Å²) in [5, 5.41) is 8.62. The van der Waals surface area contributed by atoms with Crippen molar-refractivity contribution in [2.75, 3.05) is 0 Å². The first-order chi connectivity index (χ1) is 8.70. The second-order valence-corrected chi connectivity index (χ2v) is 4.92. The van der Waals surface area contributed by atoms with Crippen LogP contribution in [-0.2, 0) is 0 Å². The third kappa shape index (κ3) is 2.95. The number of benzene rings is 1. The molecule has 0 amide bonds. The zero-order valence-corrected chi connectivity index (χ0v) is 10.3. The van der Waals surface area contributed by atoms with Gasteiger partial charge < -0.3 is 0 Å². The van der Waals surface area contributed by atoms with Gasteiger partial charge in [-0.25, -0.2) is 4.39 Å². The van der Waals surface area contributed by atoms with Crippen LogP contribution in [0.2, 0.25) is 0 Å². The van der Waals surface area contributed by atoms with E-state index in [0.717, 1.165) is 6.42 Å². The van der Waals surface area contributed by atoms with E-state index in [2.05, 4.69) is 0 Å². The topological polar surface area (TPSA) is 40.9 Å². The Hall–Kier alpha value is -1.69. The van der Waals surface area contributed by atoms with Crippen LogP contribution in [-0.4, -0.2) is 5.78 Å². The van der Waals surface area contributed by atoms with Crippen LogP contribution in [0, 0.1) is 23.1 Å². The molecule has 2 nitrogen and oxygen atoms in total. The number of carbonyl (C=O) groups excluding carboxylic acids is 1. The van der Waals surface area contributed by atoms with Crippen molar-refractivity contribution in [3.05, 3.63) is 35.1 Å². The van der Waals surface area contributed by atoms with E-state index in [0.29, 0.717) is 17.9 Å². The molecular weight excluding hydrogens is 229 g/mol. The largest absolute Gasteiger partial charge is 0.294 e. The summed E-state index contributed by atoms with van der Waals surface area (Å²) in [5.41, 5.74) is 0.367. The van der Waals surface area contributed by atoms with Gasteiger partial charge in [-0.3, -0.25) is 4.79 Å². The fraction of sp³-hybridized carbons (Fsp3) is 0.467. The van der Waals surface area contributed by atoms with Crippen molar-refractivity contribution in [3.8, 4) is 6.07 Å². The van der Waals surface area contributed by atoms with Crippen molar-refractivity contribution in [2.24, 2.45) is 5.92 Å². The maximum atomic E-state index is 13.4. The molecule has 0 bridgehead atoms. The molecule has 1 aromatic carbocycles. The molecule has 18 heavy (non-hydrogen) atoms. The van der Waals surface area contributed by atoms with Crippen LogP contribution in [0.15, 0.2) is 18.2 Å². The predicted octanol–water partition coefficient (Wildman–Crippen LogP) is 3.85. The minimum Gasteiger partial charge on any atom is -0.294 e. The summed E-state index contributed by atoms with van der Waals surface area (Å²) in [6, 6.07) is 5.84. The minimum atomic E-state index is -0.607. The van der Waals surface area contributed by atoms with E-state index in [1.54, 1.807) is 12.1 Å². The summed E-state index contributed by atoms with van der Waals surface area (Å²) in [7, 11) is 0. The summed E-state index contributed by atoms with van der Waals surface area (Å²) in [6.45, 7) is 0. The molecular formula is C15H16FNO. The molecule has 1 aliphatic rings. The van der Waals surface area contributed by atoms with Crippen molar-refractivity contribution in [3.63, 3.8) is 0 Å². The summed E-state index contributed by atoms with van der Waals surface area (Å²) in [4.78, 5) is 11.9. The molecule has 1 aliphatic carbocycles. The van der Waals surface area contributed by atoms with E-state index >= 15 is 0 Å². The smallest absolute Gasteiger partial charge is 0.162 e. The van der Waals surface area contributed by atoms with Crippen molar-refractivity contribution in [1.82, 2.24) is 0 Å². The SMILES string of the molecule is N#Cc1ccc(C(=O)CCC2CCCC2)cc1F. The van der Waals surface area contributed by atoms with Crippen LogP contribution in [0.25, 0.3) is 0 Å². The van der Waals surface area contributed by atoms with Crippen LogP contribution in [0.3, 0.4) is 0 Å². The third-order valence-corrected chi connectivity index (χ3v) is 3.67. The first-order valence-corrected chi connectivity index (χ1v) is 6.43. The van der Waals surface area contributed by atoms with Gasteiger partial charge in [0.05, 0.1) is 5.56 Å². The molecule has 0 N–H and O–H groups in total. The maximum absolute atomic E-state index is 13.4. The summed E-state index contributed by atoms with van der Waals surface area (Å²) in [5.74, 6) is 0.0340. The van der Waals surface area contributed by atoms with Gasteiger partial charge in [0.25, 0.3) is 0 Å². The Bertz CT molecular complexity index is 484. The first-order valence-electron chi connectivity index (χ1n) is 6.43. The van der Waals surface area contributed by atoms with Gasteiger partial charge in [0.1, 0.15) is 11.9 Å². The zero-order valence-electron chi connectivity index (χ0n) is 10.3. The Morgan fingerprint density at radius 1 is 1.39 bits per heavy atom. The highest BCUT2D eigenvalue weighted by Crippen LogP contribution is 2.29. The molecule has 1 aromatic rings. The number of ketones is 1. The van der Waals surface area contributed by atoms with Gasteiger partial charge in [-0.1, -0.05) is 25.7 Å². The lowest BCUT2D eigenvalue weighted by atomic mass is 9.97. The monoisotopic (exact) mass is 245 g/mol. The Morgan fingerprint density at radius 2 is 2.11 bits per heavy atom. The van der Waals surface area contributed by atoms with Crippen LogP contribution in [0.5, 0.6) is 0 Å². The van der Waals surface area contributed by atoms with Crippen molar-refractivity contribution in [1.29, 1.82) is 5.26 Å². The number of rotatable bonds is 4. The second kappa shape index (κ2) is 5.77. The van der Waals surface area contributed by atoms with Gasteiger partial charge in [0, 0.05) is 12.0 Å². The molecule has 0 aliphatic heterocycles. The lowest BCUT2D eigenvalue weighted by Gasteiger charge is -2.07. The number of carbonyl (C=O) groups is 1.